The smallest absolute Gasteiger partial charge is 0.244 e. The van der Waals surface area contributed by atoms with Gasteiger partial charge in [-0.25, -0.2) is 0 Å². The first kappa shape index (κ1) is 17.4. The van der Waals surface area contributed by atoms with Crippen molar-refractivity contribution in [3.8, 4) is 0 Å². The van der Waals surface area contributed by atoms with Gasteiger partial charge >= 0.3 is 0 Å². The van der Waals surface area contributed by atoms with Crippen molar-refractivity contribution in [2.45, 2.75) is 25.9 Å². The number of benzene rings is 1. The molecule has 1 aromatic carbocycles. The molecule has 2 N–H and O–H groups in total. The van der Waals surface area contributed by atoms with Crippen LogP contribution in [-0.4, -0.2) is 32.6 Å². The lowest BCUT2D eigenvalue weighted by atomic mass is 10.2. The number of aromatic nitrogens is 3. The average Bonchev–Trinajstić information content (AvgIpc) is 3.00. The largest absolute Gasteiger partial charge is 0.345 e. The van der Waals surface area contributed by atoms with E-state index >= 15 is 0 Å². The zero-order valence-corrected chi connectivity index (χ0v) is 13.9. The molecule has 24 heavy (non-hydrogen) atoms. The maximum absolute atomic E-state index is 12.2. The molecule has 0 saturated carbocycles. The van der Waals surface area contributed by atoms with Crippen LogP contribution in [0.3, 0.4) is 0 Å². The first-order valence-corrected chi connectivity index (χ1v) is 7.65. The summed E-state index contributed by atoms with van der Waals surface area (Å²) in [6.45, 7) is 3.44. The molecule has 2 unspecified atom stereocenters. The molecule has 1 heterocycles. The lowest BCUT2D eigenvalue weighted by Crippen LogP contribution is -2.45. The van der Waals surface area contributed by atoms with Crippen LogP contribution in [0.25, 0.3) is 6.08 Å². The van der Waals surface area contributed by atoms with Gasteiger partial charge < -0.3 is 15.2 Å². The van der Waals surface area contributed by atoms with Crippen molar-refractivity contribution in [2.75, 3.05) is 0 Å². The minimum absolute atomic E-state index is 0.285. The number of aryl methyl sites for hydroxylation is 1. The van der Waals surface area contributed by atoms with Crippen molar-refractivity contribution in [1.82, 2.24) is 25.4 Å². The summed E-state index contributed by atoms with van der Waals surface area (Å²) in [5.41, 5.74) is 0.917. The molecule has 0 aliphatic rings. The zero-order chi connectivity index (χ0) is 17.5. The fourth-order valence-corrected chi connectivity index (χ4v) is 2.15. The molecule has 2 aromatic rings. The van der Waals surface area contributed by atoms with Crippen LogP contribution in [0.15, 0.2) is 42.7 Å². The van der Waals surface area contributed by atoms with Gasteiger partial charge in [0, 0.05) is 13.1 Å². The van der Waals surface area contributed by atoms with Gasteiger partial charge in [-0.3, -0.25) is 9.59 Å². The lowest BCUT2D eigenvalue weighted by molar-refractivity contribution is -0.127. The van der Waals surface area contributed by atoms with Gasteiger partial charge in [-0.1, -0.05) is 30.3 Å². The predicted molar refractivity (Wildman–Crippen MR) is 90.6 cm³/mol. The Labute approximate surface area is 140 Å². The van der Waals surface area contributed by atoms with Crippen LogP contribution in [0.2, 0.25) is 0 Å². The highest BCUT2D eigenvalue weighted by molar-refractivity contribution is 5.95. The summed E-state index contributed by atoms with van der Waals surface area (Å²) in [6.07, 6.45) is 4.67. The summed E-state index contributed by atoms with van der Waals surface area (Å²) in [5.74, 6) is 0.0330. The Balaban J connectivity index is 1.86. The number of hydrogen-bond donors (Lipinski definition) is 2. The highest BCUT2D eigenvalue weighted by Gasteiger charge is 2.19. The maximum atomic E-state index is 12.2. The van der Waals surface area contributed by atoms with Crippen molar-refractivity contribution in [2.24, 2.45) is 7.05 Å². The van der Waals surface area contributed by atoms with Gasteiger partial charge in [0.25, 0.3) is 0 Å². The Morgan fingerprint density at radius 3 is 2.50 bits per heavy atom. The molecule has 126 valence electrons. The van der Waals surface area contributed by atoms with Gasteiger partial charge in [-0.2, -0.15) is 0 Å². The molecule has 0 bridgehead atoms. The quantitative estimate of drug-likeness (QED) is 0.781. The maximum Gasteiger partial charge on any atom is 0.244 e. The van der Waals surface area contributed by atoms with Gasteiger partial charge in [-0.05, 0) is 25.5 Å². The van der Waals surface area contributed by atoms with Crippen molar-refractivity contribution in [3.05, 3.63) is 54.1 Å². The molecule has 7 heteroatoms. The van der Waals surface area contributed by atoms with Crippen molar-refractivity contribution in [3.63, 3.8) is 0 Å². The summed E-state index contributed by atoms with van der Waals surface area (Å²) in [5, 5.41) is 13.2. The Kier molecular flexibility index (Phi) is 5.83. The van der Waals surface area contributed by atoms with Crippen LogP contribution in [0.4, 0.5) is 0 Å². The first-order chi connectivity index (χ1) is 11.5. The number of nitrogens with zero attached hydrogens (tertiary/aromatic N) is 3. The van der Waals surface area contributed by atoms with Crippen molar-refractivity contribution >= 4 is 17.9 Å². The second kappa shape index (κ2) is 8.05. The Morgan fingerprint density at radius 1 is 1.17 bits per heavy atom. The molecule has 0 saturated heterocycles. The molecule has 0 aliphatic heterocycles. The number of rotatable bonds is 6. The van der Waals surface area contributed by atoms with E-state index < -0.39 is 6.04 Å². The SMILES string of the molecule is CC(NC(=O)C=Cc1ccccc1)C(=O)NC(C)c1nncn1C. The number of carbonyl (C=O) groups is 2. The third-order valence-corrected chi connectivity index (χ3v) is 3.47. The van der Waals surface area contributed by atoms with E-state index in [-0.39, 0.29) is 17.9 Å². The van der Waals surface area contributed by atoms with E-state index in [1.807, 2.05) is 37.3 Å². The predicted octanol–water partition coefficient (Wildman–Crippen LogP) is 1.21. The first-order valence-electron chi connectivity index (χ1n) is 7.65. The molecular formula is C17H21N5O2. The molecule has 1 aromatic heterocycles. The molecule has 7 nitrogen and oxygen atoms in total. The number of amides is 2. The van der Waals surface area contributed by atoms with E-state index in [9.17, 15) is 9.59 Å². The van der Waals surface area contributed by atoms with E-state index in [1.165, 1.54) is 6.08 Å². The third kappa shape index (κ3) is 4.77. The highest BCUT2D eigenvalue weighted by atomic mass is 16.2. The second-order valence-electron chi connectivity index (χ2n) is 5.50. The van der Waals surface area contributed by atoms with Crippen LogP contribution in [0.5, 0.6) is 0 Å². The van der Waals surface area contributed by atoms with Crippen LogP contribution in [0, 0.1) is 0 Å². The Bertz CT molecular complexity index is 724. The van der Waals surface area contributed by atoms with Gasteiger partial charge in [0.2, 0.25) is 11.8 Å². The van der Waals surface area contributed by atoms with Crippen molar-refractivity contribution < 1.29 is 9.59 Å². The molecule has 0 fully saturated rings. The molecule has 2 amide bonds. The minimum atomic E-state index is -0.659. The third-order valence-electron chi connectivity index (χ3n) is 3.47. The van der Waals surface area contributed by atoms with Crippen molar-refractivity contribution in [1.29, 1.82) is 0 Å². The molecule has 0 radical (unpaired) electrons. The molecule has 0 aliphatic carbocycles. The van der Waals surface area contributed by atoms with E-state index in [1.54, 1.807) is 30.9 Å². The topological polar surface area (TPSA) is 88.9 Å². The minimum Gasteiger partial charge on any atom is -0.345 e. The second-order valence-corrected chi connectivity index (χ2v) is 5.50. The summed E-state index contributed by atoms with van der Waals surface area (Å²) in [4.78, 5) is 24.1. The summed E-state index contributed by atoms with van der Waals surface area (Å²) < 4.78 is 1.73. The van der Waals surface area contributed by atoms with Crippen LogP contribution < -0.4 is 10.6 Å². The summed E-state index contributed by atoms with van der Waals surface area (Å²) in [6, 6.07) is 8.51. The zero-order valence-electron chi connectivity index (χ0n) is 13.9. The fraction of sp³-hybridized carbons (Fsp3) is 0.294. The molecule has 2 atom stereocenters. The standard InChI is InChI=1S/C17H21N5O2/c1-12(16-21-18-11-22(16)3)20-17(24)13(2)19-15(23)10-9-14-7-5-4-6-8-14/h4-13H,1-3H3,(H,19,23)(H,20,24). The van der Waals surface area contributed by atoms with Crippen LogP contribution >= 0.6 is 0 Å². The van der Waals surface area contributed by atoms with Gasteiger partial charge in [0.05, 0.1) is 6.04 Å². The highest BCUT2D eigenvalue weighted by Crippen LogP contribution is 2.07. The molecule has 0 spiro atoms. The van der Waals surface area contributed by atoms with Gasteiger partial charge in [-0.15, -0.1) is 10.2 Å². The molecule has 2 rings (SSSR count). The number of nitrogens with one attached hydrogen (secondary N) is 2. The lowest BCUT2D eigenvalue weighted by Gasteiger charge is -2.17. The Morgan fingerprint density at radius 2 is 1.88 bits per heavy atom. The van der Waals surface area contributed by atoms with Gasteiger partial charge in [0.1, 0.15) is 12.4 Å². The van der Waals surface area contributed by atoms with E-state index in [4.69, 9.17) is 0 Å². The normalized spacial score (nSPS) is 13.5. The fourth-order valence-electron chi connectivity index (χ4n) is 2.15. The Hall–Kier alpha value is -2.96. The summed E-state index contributed by atoms with van der Waals surface area (Å²) in [7, 11) is 1.80. The van der Waals surface area contributed by atoms with E-state index in [2.05, 4.69) is 20.8 Å². The van der Waals surface area contributed by atoms with Gasteiger partial charge in [0.15, 0.2) is 5.82 Å². The van der Waals surface area contributed by atoms with E-state index in [0.717, 1.165) is 5.56 Å². The van der Waals surface area contributed by atoms with Crippen LogP contribution in [0.1, 0.15) is 31.3 Å². The number of carbonyl (C=O) groups excluding carboxylic acids is 2. The monoisotopic (exact) mass is 327 g/mol. The average molecular weight is 327 g/mol. The molecular weight excluding hydrogens is 306 g/mol. The summed E-state index contributed by atoms with van der Waals surface area (Å²) >= 11 is 0. The van der Waals surface area contributed by atoms with E-state index in [0.29, 0.717) is 5.82 Å². The number of hydrogen-bond acceptors (Lipinski definition) is 4. The van der Waals surface area contributed by atoms with Crippen LogP contribution in [-0.2, 0) is 16.6 Å².